The summed E-state index contributed by atoms with van der Waals surface area (Å²) >= 11 is 0. The summed E-state index contributed by atoms with van der Waals surface area (Å²) < 4.78 is 32.1. The maximum absolute atomic E-state index is 13.4. The lowest BCUT2D eigenvalue weighted by atomic mass is 10.0. The quantitative estimate of drug-likeness (QED) is 0.821. The number of carbonyl (C=O) groups excluding carboxylic acids is 1. The van der Waals surface area contributed by atoms with Crippen molar-refractivity contribution in [3.05, 3.63) is 65.2 Å². The first-order valence-corrected chi connectivity index (χ1v) is 10.0. The maximum Gasteiger partial charge on any atom is 0.315 e. The van der Waals surface area contributed by atoms with E-state index in [-0.39, 0.29) is 18.1 Å². The van der Waals surface area contributed by atoms with Crippen LogP contribution < -0.4 is 15.4 Å². The molecule has 0 spiro atoms. The Morgan fingerprint density at radius 2 is 1.83 bits per heavy atom. The second-order valence-corrected chi connectivity index (χ2v) is 7.64. The molecule has 1 atom stereocenters. The Bertz CT molecular complexity index is 869. The van der Waals surface area contributed by atoms with Gasteiger partial charge < -0.3 is 15.4 Å². The van der Waals surface area contributed by atoms with E-state index in [1.54, 1.807) is 6.07 Å². The summed E-state index contributed by atoms with van der Waals surface area (Å²) in [4.78, 5) is 14.7. The molecule has 1 unspecified atom stereocenters. The predicted octanol–water partition coefficient (Wildman–Crippen LogP) is 3.75. The van der Waals surface area contributed by atoms with Crippen molar-refractivity contribution in [2.75, 3.05) is 19.7 Å². The molecule has 0 saturated carbocycles. The normalized spacial score (nSPS) is 19.9. The number of nitrogens with zero attached hydrogens (tertiary/aromatic N) is 1. The van der Waals surface area contributed by atoms with E-state index in [1.165, 1.54) is 6.07 Å². The molecule has 7 heteroatoms. The topological polar surface area (TPSA) is 53.6 Å². The summed E-state index contributed by atoms with van der Waals surface area (Å²) in [5.74, 6) is -0.810. The van der Waals surface area contributed by atoms with Crippen LogP contribution in [0, 0.1) is 11.6 Å². The fraction of sp³-hybridized carbons (Fsp3) is 0.409. The molecule has 2 aliphatic heterocycles. The van der Waals surface area contributed by atoms with Gasteiger partial charge in [-0.25, -0.2) is 13.6 Å². The number of urea groups is 1. The summed E-state index contributed by atoms with van der Waals surface area (Å²) in [7, 11) is 0. The minimum absolute atomic E-state index is 0.0478. The largest absolute Gasteiger partial charge is 0.493 e. The van der Waals surface area contributed by atoms with Gasteiger partial charge in [0.05, 0.1) is 12.6 Å². The van der Waals surface area contributed by atoms with Gasteiger partial charge in [-0.05, 0) is 36.6 Å². The highest BCUT2D eigenvalue weighted by molar-refractivity contribution is 5.75. The van der Waals surface area contributed by atoms with Crippen LogP contribution in [0.1, 0.15) is 36.4 Å². The zero-order chi connectivity index (χ0) is 20.2. The number of para-hydroxylation sites is 1. The number of fused-ring (bicyclic) bond motifs is 1. The predicted molar refractivity (Wildman–Crippen MR) is 106 cm³/mol. The maximum atomic E-state index is 13.4. The lowest BCUT2D eigenvalue weighted by Gasteiger charge is -2.33. The van der Waals surface area contributed by atoms with Crippen molar-refractivity contribution in [1.82, 2.24) is 15.5 Å². The Labute approximate surface area is 169 Å². The average Bonchev–Trinajstić information content (AvgIpc) is 2.72. The third-order valence-electron chi connectivity index (χ3n) is 5.58. The lowest BCUT2D eigenvalue weighted by Crippen LogP contribution is -2.48. The number of amides is 2. The van der Waals surface area contributed by atoms with Gasteiger partial charge in [0.2, 0.25) is 0 Å². The van der Waals surface area contributed by atoms with E-state index in [9.17, 15) is 13.6 Å². The fourth-order valence-corrected chi connectivity index (χ4v) is 4.01. The van der Waals surface area contributed by atoms with Gasteiger partial charge in [0.15, 0.2) is 11.6 Å². The number of rotatable bonds is 4. The highest BCUT2D eigenvalue weighted by Gasteiger charge is 2.25. The van der Waals surface area contributed by atoms with Gasteiger partial charge in [-0.15, -0.1) is 0 Å². The van der Waals surface area contributed by atoms with Gasteiger partial charge in [0.1, 0.15) is 5.75 Å². The van der Waals surface area contributed by atoms with Gasteiger partial charge >= 0.3 is 6.03 Å². The Morgan fingerprint density at radius 3 is 2.62 bits per heavy atom. The molecule has 0 aromatic heterocycles. The molecule has 2 aliphatic rings. The van der Waals surface area contributed by atoms with E-state index in [0.717, 1.165) is 55.3 Å². The van der Waals surface area contributed by atoms with Gasteiger partial charge in [-0.1, -0.05) is 24.3 Å². The van der Waals surface area contributed by atoms with Crippen LogP contribution >= 0.6 is 0 Å². The number of halogens is 2. The van der Waals surface area contributed by atoms with Crippen molar-refractivity contribution >= 4 is 6.03 Å². The minimum atomic E-state index is -0.824. The van der Waals surface area contributed by atoms with Crippen molar-refractivity contribution in [2.45, 2.75) is 37.9 Å². The first kappa shape index (κ1) is 19.6. The minimum Gasteiger partial charge on any atom is -0.493 e. The van der Waals surface area contributed by atoms with Gasteiger partial charge in [0.25, 0.3) is 0 Å². The summed E-state index contributed by atoms with van der Waals surface area (Å²) in [5, 5.41) is 6.13. The van der Waals surface area contributed by atoms with Crippen molar-refractivity contribution in [3.8, 4) is 5.75 Å². The van der Waals surface area contributed by atoms with Gasteiger partial charge in [0, 0.05) is 37.7 Å². The Morgan fingerprint density at radius 1 is 1.03 bits per heavy atom. The standard InChI is InChI=1S/C22H25F2N3O2/c23-18-6-5-15(13-19(18)24)14-27-10-7-16(8-11-27)25-22(28)26-20-9-12-29-21-4-2-1-3-17(20)21/h1-6,13,16,20H,7-12,14H2,(H2,25,26,28). The molecule has 4 rings (SSSR count). The molecule has 2 N–H and O–H groups in total. The molecule has 1 fully saturated rings. The lowest BCUT2D eigenvalue weighted by molar-refractivity contribution is 0.183. The molecular weight excluding hydrogens is 376 g/mol. The number of piperidine rings is 1. The van der Waals surface area contributed by atoms with Crippen LogP contribution in [0.15, 0.2) is 42.5 Å². The average molecular weight is 401 g/mol. The smallest absolute Gasteiger partial charge is 0.315 e. The van der Waals surface area contributed by atoms with E-state index < -0.39 is 11.6 Å². The van der Waals surface area contributed by atoms with Crippen molar-refractivity contribution in [3.63, 3.8) is 0 Å². The van der Waals surface area contributed by atoms with Crippen LogP contribution in [-0.4, -0.2) is 36.7 Å². The van der Waals surface area contributed by atoms with E-state index in [1.807, 2.05) is 24.3 Å². The third kappa shape index (κ3) is 4.85. The van der Waals surface area contributed by atoms with Crippen LogP contribution in [0.2, 0.25) is 0 Å². The second-order valence-electron chi connectivity index (χ2n) is 7.64. The number of hydrogen-bond donors (Lipinski definition) is 2. The van der Waals surface area contributed by atoms with E-state index in [0.29, 0.717) is 13.2 Å². The fourth-order valence-electron chi connectivity index (χ4n) is 4.01. The monoisotopic (exact) mass is 401 g/mol. The summed E-state index contributed by atoms with van der Waals surface area (Å²) in [6.07, 6.45) is 2.39. The summed E-state index contributed by atoms with van der Waals surface area (Å²) in [6, 6.07) is 11.7. The van der Waals surface area contributed by atoms with Crippen LogP contribution in [0.3, 0.4) is 0 Å². The Hall–Kier alpha value is -2.67. The highest BCUT2D eigenvalue weighted by atomic mass is 19.2. The Kier molecular flexibility index (Phi) is 5.94. The molecule has 0 radical (unpaired) electrons. The number of nitrogens with one attached hydrogen (secondary N) is 2. The van der Waals surface area contributed by atoms with E-state index in [2.05, 4.69) is 15.5 Å². The molecule has 2 amide bonds. The van der Waals surface area contributed by atoms with Crippen LogP contribution in [-0.2, 0) is 6.54 Å². The molecule has 2 aromatic carbocycles. The molecule has 29 heavy (non-hydrogen) atoms. The van der Waals surface area contributed by atoms with Crippen LogP contribution in [0.5, 0.6) is 5.75 Å². The SMILES string of the molecule is O=C(NC1CCN(Cc2ccc(F)c(F)c2)CC1)NC1CCOc2ccccc21. The molecular formula is C22H25F2N3O2. The van der Waals surface area contributed by atoms with Crippen molar-refractivity contribution in [2.24, 2.45) is 0 Å². The van der Waals surface area contributed by atoms with Gasteiger partial charge in [-0.3, -0.25) is 4.90 Å². The second kappa shape index (κ2) is 8.78. The number of carbonyl (C=O) groups is 1. The number of ether oxygens (including phenoxy) is 1. The third-order valence-corrected chi connectivity index (χ3v) is 5.58. The molecule has 0 aliphatic carbocycles. The van der Waals surface area contributed by atoms with E-state index >= 15 is 0 Å². The molecule has 154 valence electrons. The number of benzene rings is 2. The molecule has 5 nitrogen and oxygen atoms in total. The van der Waals surface area contributed by atoms with Crippen LogP contribution in [0.4, 0.5) is 13.6 Å². The van der Waals surface area contributed by atoms with Crippen LogP contribution in [0.25, 0.3) is 0 Å². The summed E-state index contributed by atoms with van der Waals surface area (Å²) in [6.45, 7) is 2.76. The number of hydrogen-bond acceptors (Lipinski definition) is 3. The highest BCUT2D eigenvalue weighted by Crippen LogP contribution is 2.31. The first-order chi connectivity index (χ1) is 14.1. The van der Waals surface area contributed by atoms with E-state index in [4.69, 9.17) is 4.74 Å². The molecule has 1 saturated heterocycles. The molecule has 2 aromatic rings. The summed E-state index contributed by atoms with van der Waals surface area (Å²) in [5.41, 5.74) is 1.77. The zero-order valence-electron chi connectivity index (χ0n) is 16.2. The molecule has 0 bridgehead atoms. The first-order valence-electron chi connectivity index (χ1n) is 10.0. The number of likely N-dealkylation sites (tertiary alicyclic amines) is 1. The van der Waals surface area contributed by atoms with Gasteiger partial charge in [-0.2, -0.15) is 0 Å². The Balaban J connectivity index is 1.24. The zero-order valence-corrected chi connectivity index (χ0v) is 16.2. The molecule has 2 heterocycles. The van der Waals surface area contributed by atoms with Crippen molar-refractivity contribution < 1.29 is 18.3 Å². The van der Waals surface area contributed by atoms with Crippen molar-refractivity contribution in [1.29, 1.82) is 0 Å².